The lowest BCUT2D eigenvalue weighted by Crippen LogP contribution is -2.40. The number of likely N-dealkylation sites (N-methyl/N-ethyl adjacent to an activating group) is 2. The monoisotopic (exact) mass is 231 g/mol. The van der Waals surface area contributed by atoms with Crippen molar-refractivity contribution in [3.8, 4) is 0 Å². The summed E-state index contributed by atoms with van der Waals surface area (Å²) in [5.41, 5.74) is 5.41. The smallest absolute Gasteiger partial charge is 0.241 e. The minimum atomic E-state index is -0.288. The van der Waals surface area contributed by atoms with Gasteiger partial charge in [-0.1, -0.05) is 0 Å². The predicted molar refractivity (Wildman–Crippen MR) is 60.8 cm³/mol. The first-order chi connectivity index (χ1) is 7.42. The fourth-order valence-electron chi connectivity index (χ4n) is 1.05. The van der Waals surface area contributed by atoms with Crippen molar-refractivity contribution in [2.45, 2.75) is 12.5 Å². The molecule has 0 fully saturated rings. The van der Waals surface area contributed by atoms with Crippen molar-refractivity contribution in [3.63, 3.8) is 0 Å². The Morgan fingerprint density at radius 3 is 2.19 bits per heavy atom. The summed E-state index contributed by atoms with van der Waals surface area (Å²) in [6.07, 6.45) is -0.0890. The van der Waals surface area contributed by atoms with Gasteiger partial charge in [0.2, 0.25) is 11.8 Å². The van der Waals surface area contributed by atoms with Crippen LogP contribution in [-0.2, 0) is 14.3 Å². The van der Waals surface area contributed by atoms with E-state index in [-0.39, 0.29) is 37.4 Å². The van der Waals surface area contributed by atoms with Crippen LogP contribution in [0, 0.1) is 0 Å². The molecule has 0 saturated heterocycles. The van der Waals surface area contributed by atoms with Crippen LogP contribution in [0.2, 0.25) is 0 Å². The normalized spacial score (nSPS) is 12.1. The summed E-state index contributed by atoms with van der Waals surface area (Å²) in [5.74, 6) is -0.259. The van der Waals surface area contributed by atoms with Gasteiger partial charge in [0.05, 0.1) is 19.1 Å². The topological polar surface area (TPSA) is 75.9 Å². The van der Waals surface area contributed by atoms with Crippen molar-refractivity contribution in [2.75, 3.05) is 41.3 Å². The van der Waals surface area contributed by atoms with Crippen LogP contribution in [0.15, 0.2) is 0 Å². The van der Waals surface area contributed by atoms with Gasteiger partial charge in [-0.05, 0) is 0 Å². The molecule has 0 bridgehead atoms. The highest BCUT2D eigenvalue weighted by Gasteiger charge is 2.17. The maximum atomic E-state index is 11.6. The molecule has 0 aromatic rings. The molecule has 0 spiro atoms. The molecule has 0 rings (SSSR count). The Morgan fingerprint density at radius 2 is 1.81 bits per heavy atom. The van der Waals surface area contributed by atoms with Crippen LogP contribution in [0.4, 0.5) is 0 Å². The Balaban J connectivity index is 4.13. The molecule has 0 saturated carbocycles. The van der Waals surface area contributed by atoms with Crippen molar-refractivity contribution in [3.05, 3.63) is 0 Å². The lowest BCUT2D eigenvalue weighted by atomic mass is 10.2. The quantitative estimate of drug-likeness (QED) is 0.629. The summed E-state index contributed by atoms with van der Waals surface area (Å²) in [5, 5.41) is 0. The Kier molecular flexibility index (Phi) is 6.67. The second-order valence-corrected chi connectivity index (χ2v) is 3.84. The molecular formula is C10H21N3O3. The number of amides is 2. The number of carbonyl (C=O) groups is 2. The molecule has 0 aliphatic carbocycles. The van der Waals surface area contributed by atoms with Gasteiger partial charge in [0.1, 0.15) is 0 Å². The number of hydrogen-bond acceptors (Lipinski definition) is 4. The van der Waals surface area contributed by atoms with Gasteiger partial charge in [-0.3, -0.25) is 9.59 Å². The molecule has 94 valence electrons. The third-order valence-corrected chi connectivity index (χ3v) is 2.30. The summed E-state index contributed by atoms with van der Waals surface area (Å²) in [6, 6.07) is 0. The zero-order valence-electron chi connectivity index (χ0n) is 10.4. The minimum Gasteiger partial charge on any atom is -0.380 e. The third kappa shape index (κ3) is 5.09. The standard InChI is InChI=1S/C10H21N3O3/c1-12(2)10(15)7-13(3)9(14)5-8(6-11)16-4/h8H,5-7,11H2,1-4H3. The van der Waals surface area contributed by atoms with Crippen molar-refractivity contribution in [1.82, 2.24) is 9.80 Å². The van der Waals surface area contributed by atoms with E-state index in [2.05, 4.69) is 0 Å². The number of ether oxygens (including phenoxy) is 1. The number of carbonyl (C=O) groups excluding carboxylic acids is 2. The Labute approximate surface area is 96.3 Å². The highest BCUT2D eigenvalue weighted by atomic mass is 16.5. The van der Waals surface area contributed by atoms with Crippen LogP contribution < -0.4 is 5.73 Å². The maximum Gasteiger partial charge on any atom is 0.241 e. The largest absolute Gasteiger partial charge is 0.380 e. The molecule has 0 heterocycles. The maximum absolute atomic E-state index is 11.6. The Hall–Kier alpha value is -1.14. The SMILES string of the molecule is COC(CN)CC(=O)N(C)CC(=O)N(C)C. The van der Waals surface area contributed by atoms with E-state index in [0.717, 1.165) is 0 Å². The van der Waals surface area contributed by atoms with Gasteiger partial charge in [-0.15, -0.1) is 0 Å². The molecule has 0 aliphatic rings. The lowest BCUT2D eigenvalue weighted by Gasteiger charge is -2.21. The van der Waals surface area contributed by atoms with E-state index < -0.39 is 0 Å². The fraction of sp³-hybridized carbons (Fsp3) is 0.800. The number of methoxy groups -OCH3 is 1. The van der Waals surface area contributed by atoms with E-state index in [1.165, 1.54) is 16.9 Å². The highest BCUT2D eigenvalue weighted by Crippen LogP contribution is 1.99. The summed E-state index contributed by atoms with van der Waals surface area (Å²) in [7, 11) is 6.40. The summed E-state index contributed by atoms with van der Waals surface area (Å²) >= 11 is 0. The summed E-state index contributed by atoms with van der Waals surface area (Å²) in [6.45, 7) is 0.366. The minimum absolute atomic E-state index is 0.0762. The third-order valence-electron chi connectivity index (χ3n) is 2.30. The average Bonchev–Trinajstić information content (AvgIpc) is 2.24. The first kappa shape index (κ1) is 14.9. The first-order valence-corrected chi connectivity index (χ1v) is 5.09. The van der Waals surface area contributed by atoms with Crippen LogP contribution in [-0.4, -0.2) is 69.1 Å². The van der Waals surface area contributed by atoms with Crippen molar-refractivity contribution >= 4 is 11.8 Å². The van der Waals surface area contributed by atoms with Gasteiger partial charge < -0.3 is 20.3 Å². The molecule has 16 heavy (non-hydrogen) atoms. The first-order valence-electron chi connectivity index (χ1n) is 5.09. The lowest BCUT2D eigenvalue weighted by molar-refractivity contribution is -0.139. The molecule has 2 amide bonds. The molecule has 6 heteroatoms. The number of nitrogens with two attached hydrogens (primary N) is 1. The molecular weight excluding hydrogens is 210 g/mol. The molecule has 1 unspecified atom stereocenters. The molecule has 0 radical (unpaired) electrons. The zero-order chi connectivity index (χ0) is 12.7. The fourth-order valence-corrected chi connectivity index (χ4v) is 1.05. The zero-order valence-corrected chi connectivity index (χ0v) is 10.4. The van der Waals surface area contributed by atoms with Gasteiger partial charge in [0.25, 0.3) is 0 Å². The van der Waals surface area contributed by atoms with E-state index in [9.17, 15) is 9.59 Å². The van der Waals surface area contributed by atoms with Crippen LogP contribution in [0.5, 0.6) is 0 Å². The van der Waals surface area contributed by atoms with Gasteiger partial charge in [0, 0.05) is 34.8 Å². The molecule has 2 N–H and O–H groups in total. The van der Waals surface area contributed by atoms with Gasteiger partial charge >= 0.3 is 0 Å². The van der Waals surface area contributed by atoms with E-state index in [0.29, 0.717) is 0 Å². The molecule has 1 atom stereocenters. The van der Waals surface area contributed by atoms with Crippen molar-refractivity contribution in [1.29, 1.82) is 0 Å². The average molecular weight is 231 g/mol. The number of rotatable bonds is 6. The molecule has 0 aromatic carbocycles. The summed E-state index contributed by atoms with van der Waals surface area (Å²) < 4.78 is 5.00. The number of nitrogens with zero attached hydrogens (tertiary/aromatic N) is 2. The Bertz CT molecular complexity index is 239. The molecule has 0 aromatic heterocycles. The molecule has 0 aliphatic heterocycles. The molecule has 6 nitrogen and oxygen atoms in total. The van der Waals surface area contributed by atoms with Crippen molar-refractivity contribution in [2.24, 2.45) is 5.73 Å². The Morgan fingerprint density at radius 1 is 1.25 bits per heavy atom. The number of hydrogen-bond donors (Lipinski definition) is 1. The second kappa shape index (κ2) is 7.19. The van der Waals surface area contributed by atoms with Gasteiger partial charge in [-0.2, -0.15) is 0 Å². The van der Waals surface area contributed by atoms with Crippen LogP contribution in [0.25, 0.3) is 0 Å². The van der Waals surface area contributed by atoms with E-state index >= 15 is 0 Å². The van der Waals surface area contributed by atoms with Crippen LogP contribution >= 0.6 is 0 Å². The van der Waals surface area contributed by atoms with E-state index in [1.54, 1.807) is 21.1 Å². The van der Waals surface area contributed by atoms with E-state index in [1.807, 2.05) is 0 Å². The van der Waals surface area contributed by atoms with Crippen LogP contribution in [0.1, 0.15) is 6.42 Å². The van der Waals surface area contributed by atoms with Gasteiger partial charge in [0.15, 0.2) is 0 Å². The summed E-state index contributed by atoms with van der Waals surface area (Å²) in [4.78, 5) is 25.8. The van der Waals surface area contributed by atoms with Crippen LogP contribution in [0.3, 0.4) is 0 Å². The predicted octanol–water partition coefficient (Wildman–Crippen LogP) is -1.10. The van der Waals surface area contributed by atoms with Gasteiger partial charge in [-0.25, -0.2) is 0 Å². The van der Waals surface area contributed by atoms with E-state index in [4.69, 9.17) is 10.5 Å². The second-order valence-electron chi connectivity index (χ2n) is 3.84. The highest BCUT2D eigenvalue weighted by molar-refractivity contribution is 5.84. The van der Waals surface area contributed by atoms with Crippen molar-refractivity contribution < 1.29 is 14.3 Å².